The molecule has 1 aromatic heterocycles. The molecule has 2 N–H and O–H groups in total. The first kappa shape index (κ1) is 19.2. The molecule has 27 heavy (non-hydrogen) atoms. The number of ether oxygens (including phenoxy) is 1. The fourth-order valence-corrected chi connectivity index (χ4v) is 2.75. The number of hydrogen-bond acceptors (Lipinski definition) is 5. The van der Waals surface area contributed by atoms with E-state index < -0.39 is 23.9 Å². The van der Waals surface area contributed by atoms with Crippen LogP contribution in [-0.2, 0) is 10.9 Å². The van der Waals surface area contributed by atoms with Gasteiger partial charge in [0.05, 0.1) is 29.4 Å². The summed E-state index contributed by atoms with van der Waals surface area (Å²) in [6.45, 7) is 0.749. The summed E-state index contributed by atoms with van der Waals surface area (Å²) in [4.78, 5) is 19.6. The molecule has 2 aromatic rings. The van der Waals surface area contributed by atoms with Crippen molar-refractivity contribution >= 4 is 29.3 Å². The van der Waals surface area contributed by atoms with Crippen molar-refractivity contribution in [3.05, 3.63) is 46.7 Å². The topological polar surface area (TPSA) is 87.6 Å². The Hall–Kier alpha value is -2.59. The average molecular weight is 403 g/mol. The lowest BCUT2D eigenvalue weighted by molar-refractivity contribution is -0.138. The van der Waals surface area contributed by atoms with Crippen LogP contribution in [-0.4, -0.2) is 45.8 Å². The van der Waals surface area contributed by atoms with Gasteiger partial charge in [-0.3, -0.25) is 0 Å². The monoisotopic (exact) mass is 402 g/mol. The third kappa shape index (κ3) is 4.58. The molecule has 1 saturated heterocycles. The number of benzene rings is 1. The number of aromatic nitrogens is 2. The van der Waals surface area contributed by atoms with Crippen molar-refractivity contribution in [2.24, 2.45) is 0 Å². The van der Waals surface area contributed by atoms with Gasteiger partial charge in [0.2, 0.25) is 5.95 Å². The summed E-state index contributed by atoms with van der Waals surface area (Å²) in [7, 11) is 0. The minimum atomic E-state index is -4.51. The number of anilines is 2. The Morgan fingerprint density at radius 1 is 1.33 bits per heavy atom. The fourth-order valence-electron chi connectivity index (χ4n) is 2.52. The van der Waals surface area contributed by atoms with Crippen LogP contribution in [0.5, 0.6) is 0 Å². The molecule has 11 heteroatoms. The Balaban J connectivity index is 1.72. The first-order valence-electron chi connectivity index (χ1n) is 7.79. The zero-order chi connectivity index (χ0) is 19.6. The van der Waals surface area contributed by atoms with Crippen LogP contribution in [0.1, 0.15) is 17.2 Å². The smallest absolute Gasteiger partial charge is 0.419 e. The predicted molar refractivity (Wildman–Crippen MR) is 90.1 cm³/mol. The van der Waals surface area contributed by atoms with E-state index in [9.17, 15) is 18.0 Å². The molecule has 0 unspecified atom stereocenters. The van der Waals surface area contributed by atoms with Crippen molar-refractivity contribution in [2.75, 3.05) is 25.0 Å². The van der Waals surface area contributed by atoms with Gasteiger partial charge in [-0.15, -0.1) is 0 Å². The summed E-state index contributed by atoms with van der Waals surface area (Å²) in [6, 6.07) is 4.89. The molecule has 0 spiro atoms. The van der Waals surface area contributed by atoms with Gasteiger partial charge >= 0.3 is 12.3 Å². The van der Waals surface area contributed by atoms with Crippen LogP contribution in [0.2, 0.25) is 5.02 Å². The van der Waals surface area contributed by atoms with Gasteiger partial charge in [0.25, 0.3) is 0 Å². The molecule has 1 amide bonds. The molecule has 1 atom stereocenters. The van der Waals surface area contributed by atoms with Gasteiger partial charge in [-0.2, -0.15) is 13.2 Å². The summed E-state index contributed by atoms with van der Waals surface area (Å²) in [6.07, 6.45) is -4.64. The molecular formula is C16H14ClF3N4O3. The maximum atomic E-state index is 12.5. The van der Waals surface area contributed by atoms with Crippen LogP contribution in [0.15, 0.2) is 30.6 Å². The van der Waals surface area contributed by atoms with E-state index in [0.29, 0.717) is 30.2 Å². The lowest BCUT2D eigenvalue weighted by Crippen LogP contribution is -2.41. The van der Waals surface area contributed by atoms with Gasteiger partial charge < -0.3 is 20.1 Å². The molecule has 0 aliphatic carbocycles. The number of carbonyl (C=O) groups is 1. The van der Waals surface area contributed by atoms with Crippen molar-refractivity contribution in [1.82, 2.24) is 14.9 Å². The second-order valence-corrected chi connectivity index (χ2v) is 6.15. The Morgan fingerprint density at radius 3 is 2.63 bits per heavy atom. The standard InChI is InChI=1S/C16H14ClF3N4O3/c17-11-5-9(13-8-24(15(25)26)3-4-27-13)1-2-12(11)23-14-21-6-10(7-22-14)16(18,19)20/h1-2,5-7,13H,3-4,8H2,(H,25,26)(H,21,22,23)/t13-/m1/s1. The second kappa shape index (κ2) is 7.57. The number of morpholine rings is 1. The number of rotatable bonds is 3. The average Bonchev–Trinajstić information content (AvgIpc) is 2.63. The van der Waals surface area contributed by atoms with E-state index in [2.05, 4.69) is 15.3 Å². The van der Waals surface area contributed by atoms with Crippen molar-refractivity contribution in [2.45, 2.75) is 12.3 Å². The Bertz CT molecular complexity index is 833. The van der Waals surface area contributed by atoms with Gasteiger partial charge in [0.1, 0.15) is 6.10 Å². The van der Waals surface area contributed by atoms with E-state index in [1.54, 1.807) is 18.2 Å². The number of hydrogen-bond donors (Lipinski definition) is 2. The van der Waals surface area contributed by atoms with Crippen LogP contribution in [0, 0.1) is 0 Å². The van der Waals surface area contributed by atoms with Crippen molar-refractivity contribution < 1.29 is 27.8 Å². The zero-order valence-electron chi connectivity index (χ0n) is 13.7. The second-order valence-electron chi connectivity index (χ2n) is 5.75. The molecule has 0 radical (unpaired) electrons. The maximum Gasteiger partial charge on any atom is 0.419 e. The van der Waals surface area contributed by atoms with Crippen LogP contribution < -0.4 is 5.32 Å². The van der Waals surface area contributed by atoms with Gasteiger partial charge in [0.15, 0.2) is 0 Å². The van der Waals surface area contributed by atoms with Crippen molar-refractivity contribution in [1.29, 1.82) is 0 Å². The van der Waals surface area contributed by atoms with Crippen molar-refractivity contribution in [3.8, 4) is 0 Å². The quantitative estimate of drug-likeness (QED) is 0.808. The lowest BCUT2D eigenvalue weighted by Gasteiger charge is -2.31. The highest BCUT2D eigenvalue weighted by Crippen LogP contribution is 2.31. The van der Waals surface area contributed by atoms with Gasteiger partial charge in [-0.05, 0) is 17.7 Å². The van der Waals surface area contributed by atoms with Crippen LogP contribution in [0.25, 0.3) is 0 Å². The van der Waals surface area contributed by atoms with E-state index >= 15 is 0 Å². The molecule has 7 nitrogen and oxygen atoms in total. The summed E-state index contributed by atoms with van der Waals surface area (Å²) in [5, 5.41) is 12.1. The third-order valence-corrected chi connectivity index (χ3v) is 4.24. The number of nitrogens with one attached hydrogen (secondary N) is 1. The highest BCUT2D eigenvalue weighted by Gasteiger charge is 2.31. The van der Waals surface area contributed by atoms with E-state index in [-0.39, 0.29) is 24.1 Å². The summed E-state index contributed by atoms with van der Waals surface area (Å²) >= 11 is 6.22. The van der Waals surface area contributed by atoms with Gasteiger partial charge in [-0.25, -0.2) is 14.8 Å². The van der Waals surface area contributed by atoms with Gasteiger partial charge in [-0.1, -0.05) is 17.7 Å². The molecular weight excluding hydrogens is 389 g/mol. The first-order valence-corrected chi connectivity index (χ1v) is 8.17. The fraction of sp³-hybridized carbons (Fsp3) is 0.312. The molecule has 1 aromatic carbocycles. The van der Waals surface area contributed by atoms with Crippen LogP contribution in [0.3, 0.4) is 0 Å². The Kier molecular flexibility index (Phi) is 5.38. The van der Waals surface area contributed by atoms with E-state index in [1.807, 2.05) is 0 Å². The van der Waals surface area contributed by atoms with E-state index in [4.69, 9.17) is 21.4 Å². The minimum Gasteiger partial charge on any atom is -0.465 e. The summed E-state index contributed by atoms with van der Waals surface area (Å²) in [5.41, 5.74) is 0.128. The summed E-state index contributed by atoms with van der Waals surface area (Å²) < 4.78 is 43.2. The number of nitrogens with zero attached hydrogens (tertiary/aromatic N) is 3. The predicted octanol–water partition coefficient (Wildman–Crippen LogP) is 3.94. The minimum absolute atomic E-state index is 0.0383. The maximum absolute atomic E-state index is 12.5. The number of alkyl halides is 3. The van der Waals surface area contributed by atoms with E-state index in [1.165, 1.54) is 4.90 Å². The van der Waals surface area contributed by atoms with Crippen LogP contribution >= 0.6 is 11.6 Å². The highest BCUT2D eigenvalue weighted by molar-refractivity contribution is 6.33. The number of carboxylic acid groups (broad SMARTS) is 1. The molecule has 144 valence electrons. The normalized spacial score (nSPS) is 17.6. The highest BCUT2D eigenvalue weighted by atomic mass is 35.5. The SMILES string of the molecule is O=C(O)N1CCO[C@@H](c2ccc(Nc3ncc(C(F)(F)F)cn3)c(Cl)c2)C1. The Morgan fingerprint density at radius 2 is 2.04 bits per heavy atom. The molecule has 1 aliphatic heterocycles. The molecule has 0 saturated carbocycles. The van der Waals surface area contributed by atoms with Crippen LogP contribution in [0.4, 0.5) is 29.6 Å². The zero-order valence-corrected chi connectivity index (χ0v) is 14.5. The molecule has 1 aliphatic rings. The number of amides is 1. The lowest BCUT2D eigenvalue weighted by atomic mass is 10.1. The first-order chi connectivity index (χ1) is 12.7. The summed E-state index contributed by atoms with van der Waals surface area (Å²) in [5.74, 6) is -0.0383. The largest absolute Gasteiger partial charge is 0.465 e. The third-order valence-electron chi connectivity index (χ3n) is 3.93. The van der Waals surface area contributed by atoms with Crippen molar-refractivity contribution in [3.63, 3.8) is 0 Å². The molecule has 0 bridgehead atoms. The molecule has 2 heterocycles. The molecule has 3 rings (SSSR count). The van der Waals surface area contributed by atoms with Gasteiger partial charge in [0, 0.05) is 18.9 Å². The van der Waals surface area contributed by atoms with E-state index in [0.717, 1.165) is 0 Å². The molecule has 1 fully saturated rings. The Labute approximate surface area is 156 Å². The number of halogens is 4.